The molecule has 0 aliphatic heterocycles. The maximum atomic E-state index is 5.20. The van der Waals surface area contributed by atoms with Crippen LogP contribution in [0.2, 0.25) is 0 Å². The van der Waals surface area contributed by atoms with Crippen LogP contribution in [-0.4, -0.2) is 16.5 Å². The van der Waals surface area contributed by atoms with E-state index in [4.69, 9.17) is 4.42 Å². The van der Waals surface area contributed by atoms with Gasteiger partial charge >= 0.3 is 0 Å². The number of hydrogen-bond donors (Lipinski definition) is 1. The zero-order valence-corrected chi connectivity index (χ0v) is 7.68. The number of aromatic nitrogens is 2. The van der Waals surface area contributed by atoms with Gasteiger partial charge in [-0.25, -0.2) is 4.98 Å². The van der Waals surface area contributed by atoms with Gasteiger partial charge in [0.25, 0.3) is 0 Å². The second kappa shape index (κ2) is 4.41. The molecule has 0 aliphatic carbocycles. The van der Waals surface area contributed by atoms with E-state index in [1.165, 1.54) is 0 Å². The average molecular weight is 189 g/mol. The summed E-state index contributed by atoms with van der Waals surface area (Å²) in [5, 5.41) is 3.15. The Bertz CT molecular complexity index is 358. The van der Waals surface area contributed by atoms with Crippen molar-refractivity contribution in [2.24, 2.45) is 0 Å². The van der Waals surface area contributed by atoms with E-state index in [0.717, 1.165) is 24.5 Å². The summed E-state index contributed by atoms with van der Waals surface area (Å²) in [6.45, 7) is 0.798. The van der Waals surface area contributed by atoms with Gasteiger partial charge < -0.3 is 9.73 Å². The highest BCUT2D eigenvalue weighted by atomic mass is 16.3. The van der Waals surface area contributed by atoms with E-state index in [9.17, 15) is 0 Å². The zero-order valence-electron chi connectivity index (χ0n) is 7.68. The standard InChI is InChI=1S/C10H11N3O/c1-2-9(14-7-1)3-4-12-10-8-11-5-6-13-10/h1-2,5-8H,3-4H2,(H,12,13). The molecule has 4 heteroatoms. The second-order valence-corrected chi connectivity index (χ2v) is 2.85. The van der Waals surface area contributed by atoms with Crippen LogP contribution in [0.3, 0.4) is 0 Å². The molecule has 2 heterocycles. The van der Waals surface area contributed by atoms with Gasteiger partial charge in [-0.15, -0.1) is 0 Å². The Labute approximate surface area is 82.0 Å². The highest BCUT2D eigenvalue weighted by Crippen LogP contribution is 2.02. The summed E-state index contributed by atoms with van der Waals surface area (Å²) in [7, 11) is 0. The molecule has 4 nitrogen and oxygen atoms in total. The Balaban J connectivity index is 1.79. The van der Waals surface area contributed by atoms with E-state index in [0.29, 0.717) is 0 Å². The highest BCUT2D eigenvalue weighted by Gasteiger charge is 1.95. The summed E-state index contributed by atoms with van der Waals surface area (Å²) < 4.78 is 5.20. The van der Waals surface area contributed by atoms with E-state index < -0.39 is 0 Å². The molecule has 0 saturated carbocycles. The van der Waals surface area contributed by atoms with E-state index in [2.05, 4.69) is 15.3 Å². The first-order chi connectivity index (χ1) is 6.95. The molecule has 0 saturated heterocycles. The molecule has 1 N–H and O–H groups in total. The SMILES string of the molecule is c1coc(CCNc2cnccn2)c1. The van der Waals surface area contributed by atoms with Gasteiger partial charge in [0.2, 0.25) is 0 Å². The van der Waals surface area contributed by atoms with Gasteiger partial charge in [0.15, 0.2) is 0 Å². The number of nitrogens with zero attached hydrogens (tertiary/aromatic N) is 2. The molecule has 0 aliphatic rings. The molecule has 14 heavy (non-hydrogen) atoms. The average Bonchev–Trinajstić information content (AvgIpc) is 2.72. The van der Waals surface area contributed by atoms with Crippen molar-refractivity contribution in [3.05, 3.63) is 42.7 Å². The quantitative estimate of drug-likeness (QED) is 0.795. The summed E-state index contributed by atoms with van der Waals surface area (Å²) >= 11 is 0. The van der Waals surface area contributed by atoms with Crippen molar-refractivity contribution in [1.29, 1.82) is 0 Å². The van der Waals surface area contributed by atoms with Gasteiger partial charge in [0, 0.05) is 25.4 Å². The predicted octanol–water partition coefficient (Wildman–Crippen LogP) is 1.72. The highest BCUT2D eigenvalue weighted by molar-refractivity contribution is 5.29. The lowest BCUT2D eigenvalue weighted by atomic mass is 10.3. The van der Waals surface area contributed by atoms with Gasteiger partial charge in [0.05, 0.1) is 12.5 Å². The van der Waals surface area contributed by atoms with Crippen molar-refractivity contribution in [1.82, 2.24) is 9.97 Å². The number of nitrogens with one attached hydrogen (secondary N) is 1. The summed E-state index contributed by atoms with van der Waals surface area (Å²) in [6.07, 6.45) is 7.54. The summed E-state index contributed by atoms with van der Waals surface area (Å²) in [4.78, 5) is 8.05. The van der Waals surface area contributed by atoms with Crippen molar-refractivity contribution in [2.45, 2.75) is 6.42 Å². The van der Waals surface area contributed by atoms with Crippen molar-refractivity contribution in [3.63, 3.8) is 0 Å². The number of anilines is 1. The first kappa shape index (κ1) is 8.74. The second-order valence-electron chi connectivity index (χ2n) is 2.85. The molecule has 2 rings (SSSR count). The normalized spacial score (nSPS) is 10.0. The maximum absolute atomic E-state index is 5.20. The fourth-order valence-electron chi connectivity index (χ4n) is 1.16. The molecule has 0 aromatic carbocycles. The van der Waals surface area contributed by atoms with Crippen molar-refractivity contribution in [2.75, 3.05) is 11.9 Å². The van der Waals surface area contributed by atoms with Crippen LogP contribution < -0.4 is 5.32 Å². The summed E-state index contributed by atoms with van der Waals surface area (Å²) in [6, 6.07) is 3.84. The molecule has 0 unspecified atom stereocenters. The van der Waals surface area contributed by atoms with E-state index in [1.807, 2.05) is 12.1 Å². The van der Waals surface area contributed by atoms with Gasteiger partial charge in [0.1, 0.15) is 11.6 Å². The van der Waals surface area contributed by atoms with Gasteiger partial charge in [-0.3, -0.25) is 4.98 Å². The molecule has 0 amide bonds. The van der Waals surface area contributed by atoms with Crippen molar-refractivity contribution in [3.8, 4) is 0 Å². The van der Waals surface area contributed by atoms with Crippen LogP contribution in [0.4, 0.5) is 5.82 Å². The minimum atomic E-state index is 0.791. The fraction of sp³-hybridized carbons (Fsp3) is 0.200. The first-order valence-electron chi connectivity index (χ1n) is 4.47. The Morgan fingerprint density at radius 2 is 2.36 bits per heavy atom. The molecule has 2 aromatic rings. The third-order valence-corrected chi connectivity index (χ3v) is 1.82. The molecule has 0 radical (unpaired) electrons. The Hall–Kier alpha value is -1.84. The lowest BCUT2D eigenvalue weighted by Gasteiger charge is -2.02. The number of furan rings is 1. The topological polar surface area (TPSA) is 51.0 Å². The Morgan fingerprint density at radius 1 is 1.36 bits per heavy atom. The van der Waals surface area contributed by atoms with Gasteiger partial charge in [-0.2, -0.15) is 0 Å². The predicted molar refractivity (Wildman–Crippen MR) is 52.9 cm³/mol. The van der Waals surface area contributed by atoms with Crippen LogP contribution in [0.5, 0.6) is 0 Å². The Morgan fingerprint density at radius 3 is 3.07 bits per heavy atom. The third kappa shape index (κ3) is 2.32. The minimum Gasteiger partial charge on any atom is -0.469 e. The van der Waals surface area contributed by atoms with Crippen LogP contribution >= 0.6 is 0 Å². The molecular formula is C10H11N3O. The Kier molecular flexibility index (Phi) is 2.76. The van der Waals surface area contributed by atoms with Crippen LogP contribution in [-0.2, 0) is 6.42 Å². The van der Waals surface area contributed by atoms with Crippen LogP contribution in [0.25, 0.3) is 0 Å². The number of rotatable bonds is 4. The smallest absolute Gasteiger partial charge is 0.144 e. The minimum absolute atomic E-state index is 0.791. The van der Waals surface area contributed by atoms with Crippen LogP contribution in [0.1, 0.15) is 5.76 Å². The van der Waals surface area contributed by atoms with E-state index >= 15 is 0 Å². The van der Waals surface area contributed by atoms with Crippen molar-refractivity contribution >= 4 is 5.82 Å². The lowest BCUT2D eigenvalue weighted by molar-refractivity contribution is 0.513. The maximum Gasteiger partial charge on any atom is 0.144 e. The van der Waals surface area contributed by atoms with E-state index in [1.54, 1.807) is 24.9 Å². The van der Waals surface area contributed by atoms with Gasteiger partial charge in [-0.05, 0) is 12.1 Å². The molecule has 0 spiro atoms. The molecule has 2 aromatic heterocycles. The third-order valence-electron chi connectivity index (χ3n) is 1.82. The van der Waals surface area contributed by atoms with E-state index in [-0.39, 0.29) is 0 Å². The molecule has 72 valence electrons. The monoisotopic (exact) mass is 189 g/mol. The summed E-state index contributed by atoms with van der Waals surface area (Å²) in [5.41, 5.74) is 0. The fourth-order valence-corrected chi connectivity index (χ4v) is 1.16. The van der Waals surface area contributed by atoms with Crippen LogP contribution in [0.15, 0.2) is 41.4 Å². The number of hydrogen-bond acceptors (Lipinski definition) is 4. The van der Waals surface area contributed by atoms with Crippen LogP contribution in [0, 0.1) is 0 Å². The summed E-state index contributed by atoms with van der Waals surface area (Å²) in [5.74, 6) is 1.76. The molecular weight excluding hydrogens is 178 g/mol. The lowest BCUT2D eigenvalue weighted by Crippen LogP contribution is -2.05. The largest absolute Gasteiger partial charge is 0.469 e. The molecule has 0 fully saturated rings. The van der Waals surface area contributed by atoms with Crippen molar-refractivity contribution < 1.29 is 4.42 Å². The first-order valence-corrected chi connectivity index (χ1v) is 4.47. The molecule has 0 atom stereocenters. The zero-order chi connectivity index (χ0) is 9.64. The van der Waals surface area contributed by atoms with Gasteiger partial charge in [-0.1, -0.05) is 0 Å². The molecule has 0 bridgehead atoms.